The number of thioether (sulfide) groups is 1. The van der Waals surface area contributed by atoms with Gasteiger partial charge in [-0.15, -0.1) is 11.8 Å². The quantitative estimate of drug-likeness (QED) is 0.535. The standard InChI is InChI=1S/C12H17NS/c1-9(2)8-14-12-6-5-10(3)7-11(12)13-4/h5-7,9H,4,8H2,1-3H3. The summed E-state index contributed by atoms with van der Waals surface area (Å²) >= 11 is 1.85. The van der Waals surface area contributed by atoms with Gasteiger partial charge in [-0.1, -0.05) is 19.9 Å². The van der Waals surface area contributed by atoms with E-state index in [2.05, 4.69) is 50.7 Å². The minimum Gasteiger partial charge on any atom is -0.263 e. The molecule has 0 atom stereocenters. The van der Waals surface area contributed by atoms with Crippen LogP contribution in [0, 0.1) is 12.8 Å². The van der Waals surface area contributed by atoms with Crippen LogP contribution in [0.25, 0.3) is 0 Å². The molecule has 0 bridgehead atoms. The van der Waals surface area contributed by atoms with Crippen molar-refractivity contribution in [2.45, 2.75) is 25.7 Å². The Hall–Kier alpha value is -0.760. The van der Waals surface area contributed by atoms with E-state index in [1.807, 2.05) is 11.8 Å². The number of nitrogens with zero attached hydrogens (tertiary/aromatic N) is 1. The summed E-state index contributed by atoms with van der Waals surface area (Å²) in [7, 11) is 0. The highest BCUT2D eigenvalue weighted by molar-refractivity contribution is 7.99. The molecular formula is C12H17NS. The monoisotopic (exact) mass is 207 g/mol. The van der Waals surface area contributed by atoms with Crippen molar-refractivity contribution in [1.82, 2.24) is 0 Å². The minimum absolute atomic E-state index is 0.707. The number of hydrogen-bond donors (Lipinski definition) is 0. The molecule has 0 N–H and O–H groups in total. The zero-order valence-corrected chi connectivity index (χ0v) is 9.90. The van der Waals surface area contributed by atoms with Crippen LogP contribution >= 0.6 is 11.8 Å². The molecule has 76 valence electrons. The lowest BCUT2D eigenvalue weighted by Gasteiger charge is -2.07. The van der Waals surface area contributed by atoms with Gasteiger partial charge in [0.15, 0.2) is 0 Å². The van der Waals surface area contributed by atoms with Crippen LogP contribution in [-0.2, 0) is 0 Å². The first kappa shape index (κ1) is 11.3. The van der Waals surface area contributed by atoms with Gasteiger partial charge >= 0.3 is 0 Å². The molecule has 14 heavy (non-hydrogen) atoms. The van der Waals surface area contributed by atoms with Crippen LogP contribution in [0.3, 0.4) is 0 Å². The van der Waals surface area contributed by atoms with E-state index in [4.69, 9.17) is 0 Å². The van der Waals surface area contributed by atoms with E-state index in [0.717, 1.165) is 11.4 Å². The number of hydrogen-bond acceptors (Lipinski definition) is 2. The predicted octanol–water partition coefficient (Wildman–Crippen LogP) is 4.08. The Morgan fingerprint density at radius 1 is 1.43 bits per heavy atom. The van der Waals surface area contributed by atoms with Gasteiger partial charge in [0.25, 0.3) is 0 Å². The van der Waals surface area contributed by atoms with Gasteiger partial charge in [0.1, 0.15) is 0 Å². The van der Waals surface area contributed by atoms with Crippen molar-refractivity contribution < 1.29 is 0 Å². The molecule has 1 aromatic carbocycles. The van der Waals surface area contributed by atoms with E-state index >= 15 is 0 Å². The molecule has 0 fully saturated rings. The van der Waals surface area contributed by atoms with E-state index in [-0.39, 0.29) is 0 Å². The SMILES string of the molecule is C=Nc1cc(C)ccc1SCC(C)C. The average molecular weight is 207 g/mol. The lowest BCUT2D eigenvalue weighted by molar-refractivity contribution is 0.750. The topological polar surface area (TPSA) is 12.4 Å². The molecular weight excluding hydrogens is 190 g/mol. The largest absolute Gasteiger partial charge is 0.263 e. The van der Waals surface area contributed by atoms with E-state index in [9.17, 15) is 0 Å². The number of benzene rings is 1. The van der Waals surface area contributed by atoms with Crippen molar-refractivity contribution in [1.29, 1.82) is 0 Å². The Morgan fingerprint density at radius 3 is 2.71 bits per heavy atom. The third-order valence-electron chi connectivity index (χ3n) is 1.86. The Balaban J connectivity index is 2.80. The summed E-state index contributed by atoms with van der Waals surface area (Å²) in [5.74, 6) is 1.84. The Labute approximate surface area is 90.6 Å². The molecule has 0 aromatic heterocycles. The van der Waals surface area contributed by atoms with Crippen LogP contribution in [0.4, 0.5) is 5.69 Å². The van der Waals surface area contributed by atoms with Crippen molar-refractivity contribution in [3.63, 3.8) is 0 Å². The van der Waals surface area contributed by atoms with Gasteiger partial charge < -0.3 is 0 Å². The molecule has 0 amide bonds. The maximum atomic E-state index is 4.04. The molecule has 1 nitrogen and oxygen atoms in total. The molecule has 0 radical (unpaired) electrons. The first-order valence-corrected chi connectivity index (χ1v) is 5.82. The van der Waals surface area contributed by atoms with Crippen molar-refractivity contribution in [2.75, 3.05) is 5.75 Å². The van der Waals surface area contributed by atoms with Gasteiger partial charge in [-0.2, -0.15) is 0 Å². The van der Waals surface area contributed by atoms with Crippen molar-refractivity contribution in [2.24, 2.45) is 10.9 Å². The van der Waals surface area contributed by atoms with E-state index < -0.39 is 0 Å². The zero-order chi connectivity index (χ0) is 10.6. The first-order chi connectivity index (χ1) is 6.63. The second-order valence-corrected chi connectivity index (χ2v) is 4.90. The Morgan fingerprint density at radius 2 is 2.14 bits per heavy atom. The van der Waals surface area contributed by atoms with Gasteiger partial charge in [-0.3, -0.25) is 4.99 Å². The highest BCUT2D eigenvalue weighted by atomic mass is 32.2. The maximum absolute atomic E-state index is 4.04. The minimum atomic E-state index is 0.707. The van der Waals surface area contributed by atoms with Crippen LogP contribution in [0.5, 0.6) is 0 Å². The summed E-state index contributed by atoms with van der Waals surface area (Å²) in [6, 6.07) is 6.33. The summed E-state index contributed by atoms with van der Waals surface area (Å²) in [5.41, 5.74) is 2.25. The van der Waals surface area contributed by atoms with Gasteiger partial charge in [0, 0.05) is 10.6 Å². The first-order valence-electron chi connectivity index (χ1n) is 4.83. The van der Waals surface area contributed by atoms with Crippen LogP contribution in [0.1, 0.15) is 19.4 Å². The summed E-state index contributed by atoms with van der Waals surface area (Å²) in [6.07, 6.45) is 0. The molecule has 0 aliphatic rings. The van der Waals surface area contributed by atoms with E-state index in [0.29, 0.717) is 5.92 Å². The molecule has 0 saturated carbocycles. The third kappa shape index (κ3) is 3.18. The predicted molar refractivity (Wildman–Crippen MR) is 66.0 cm³/mol. The second kappa shape index (κ2) is 5.20. The highest BCUT2D eigenvalue weighted by Gasteiger charge is 2.02. The van der Waals surface area contributed by atoms with Crippen LogP contribution < -0.4 is 0 Å². The number of aliphatic imine (C=N–C) groups is 1. The van der Waals surface area contributed by atoms with Crippen molar-refractivity contribution >= 4 is 24.2 Å². The highest BCUT2D eigenvalue weighted by Crippen LogP contribution is 2.31. The second-order valence-electron chi connectivity index (χ2n) is 3.83. The van der Waals surface area contributed by atoms with Crippen LogP contribution in [0.15, 0.2) is 28.1 Å². The molecule has 0 aliphatic carbocycles. The fourth-order valence-electron chi connectivity index (χ4n) is 1.13. The Kier molecular flexibility index (Phi) is 4.21. The Bertz CT molecular complexity index is 318. The lowest BCUT2D eigenvalue weighted by Crippen LogP contribution is -1.90. The molecule has 2 heteroatoms. The molecule has 1 aromatic rings. The normalized spacial score (nSPS) is 10.6. The molecule has 0 aliphatic heterocycles. The molecule has 0 spiro atoms. The van der Waals surface area contributed by atoms with Crippen LogP contribution in [0.2, 0.25) is 0 Å². The summed E-state index contributed by atoms with van der Waals surface area (Å²) in [5, 5.41) is 0. The van der Waals surface area contributed by atoms with Crippen molar-refractivity contribution in [3.8, 4) is 0 Å². The third-order valence-corrected chi connectivity index (χ3v) is 3.35. The fraction of sp³-hybridized carbons (Fsp3) is 0.417. The summed E-state index contributed by atoms with van der Waals surface area (Å²) in [6.45, 7) is 10.1. The summed E-state index contributed by atoms with van der Waals surface area (Å²) in [4.78, 5) is 5.27. The van der Waals surface area contributed by atoms with Crippen molar-refractivity contribution in [3.05, 3.63) is 23.8 Å². The van der Waals surface area contributed by atoms with E-state index in [1.165, 1.54) is 10.5 Å². The molecule has 0 unspecified atom stereocenters. The average Bonchev–Trinajstić information content (AvgIpc) is 2.15. The van der Waals surface area contributed by atoms with Gasteiger partial charge in [0.2, 0.25) is 0 Å². The van der Waals surface area contributed by atoms with Gasteiger partial charge in [0.05, 0.1) is 5.69 Å². The fourth-order valence-corrected chi connectivity index (χ4v) is 2.08. The smallest absolute Gasteiger partial charge is 0.0760 e. The lowest BCUT2D eigenvalue weighted by atomic mass is 10.2. The van der Waals surface area contributed by atoms with Gasteiger partial charge in [-0.25, -0.2) is 0 Å². The zero-order valence-electron chi connectivity index (χ0n) is 9.08. The van der Waals surface area contributed by atoms with Gasteiger partial charge in [-0.05, 0) is 37.3 Å². The summed E-state index contributed by atoms with van der Waals surface area (Å²) < 4.78 is 0. The number of aryl methyl sites for hydroxylation is 1. The van der Waals surface area contributed by atoms with Crippen LogP contribution in [-0.4, -0.2) is 12.5 Å². The molecule has 0 heterocycles. The van der Waals surface area contributed by atoms with E-state index in [1.54, 1.807) is 0 Å². The number of rotatable bonds is 4. The molecule has 1 rings (SSSR count). The molecule has 0 saturated heterocycles. The maximum Gasteiger partial charge on any atom is 0.0760 e.